The Morgan fingerprint density at radius 2 is 1.78 bits per heavy atom. The van der Waals surface area contributed by atoms with Gasteiger partial charge in [0.2, 0.25) is 0 Å². The number of nitrogens with one attached hydrogen (secondary N) is 1. The normalized spacial score (nSPS) is 18.2. The van der Waals surface area contributed by atoms with E-state index in [1.807, 2.05) is 36.1 Å². The first-order chi connectivity index (χ1) is 17.6. The summed E-state index contributed by atoms with van der Waals surface area (Å²) in [4.78, 5) is 9.44. The average Bonchev–Trinajstić information content (AvgIpc) is 3.21. The highest BCUT2D eigenvalue weighted by Crippen LogP contribution is 2.43. The SMILES string of the molecule is C[C@@H]1Cc2c([nH]c3ccccc23)[C@@H](c2c(F)cc(OCc3cccc(CO)n3)cc2F)N1CC(C)(C)F. The summed E-state index contributed by atoms with van der Waals surface area (Å²) < 4.78 is 52.0. The second-order valence-corrected chi connectivity index (χ2v) is 10.3. The molecule has 2 aromatic carbocycles. The van der Waals surface area contributed by atoms with Crippen molar-refractivity contribution in [2.24, 2.45) is 0 Å². The van der Waals surface area contributed by atoms with E-state index < -0.39 is 23.3 Å². The Hall–Kier alpha value is -3.36. The van der Waals surface area contributed by atoms with Crippen LogP contribution in [0.5, 0.6) is 5.75 Å². The molecule has 0 spiro atoms. The van der Waals surface area contributed by atoms with E-state index >= 15 is 8.78 Å². The van der Waals surface area contributed by atoms with E-state index in [0.29, 0.717) is 23.5 Å². The predicted octanol–water partition coefficient (Wildman–Crippen LogP) is 6.00. The average molecular weight is 510 g/mol. The number of aromatic nitrogens is 2. The van der Waals surface area contributed by atoms with Gasteiger partial charge in [-0.1, -0.05) is 24.3 Å². The van der Waals surface area contributed by atoms with E-state index in [1.54, 1.807) is 18.2 Å². The first kappa shape index (κ1) is 25.3. The van der Waals surface area contributed by atoms with Crippen molar-refractivity contribution in [1.82, 2.24) is 14.9 Å². The number of aliphatic hydroxyl groups is 1. The fourth-order valence-corrected chi connectivity index (χ4v) is 5.26. The van der Waals surface area contributed by atoms with Crippen LogP contribution in [0.25, 0.3) is 10.9 Å². The van der Waals surface area contributed by atoms with E-state index in [1.165, 1.54) is 13.8 Å². The maximum atomic E-state index is 15.7. The summed E-state index contributed by atoms with van der Waals surface area (Å²) in [5.41, 5.74) is 1.85. The summed E-state index contributed by atoms with van der Waals surface area (Å²) in [5.74, 6) is -1.51. The Balaban J connectivity index is 1.54. The summed E-state index contributed by atoms with van der Waals surface area (Å²) in [5, 5.41) is 10.3. The molecule has 3 heterocycles. The van der Waals surface area contributed by atoms with Crippen LogP contribution in [0.4, 0.5) is 13.2 Å². The number of hydrogen-bond donors (Lipinski definition) is 2. The van der Waals surface area contributed by atoms with Gasteiger partial charge in [0, 0.05) is 46.9 Å². The number of benzene rings is 2. The molecule has 5 nitrogen and oxygen atoms in total. The lowest BCUT2D eigenvalue weighted by Gasteiger charge is -2.43. The number of H-pyrrole nitrogens is 1. The molecule has 2 aromatic heterocycles. The van der Waals surface area contributed by atoms with Gasteiger partial charge in [0.15, 0.2) is 0 Å². The first-order valence-corrected chi connectivity index (χ1v) is 12.4. The number of fused-ring (bicyclic) bond motifs is 3. The fourth-order valence-electron chi connectivity index (χ4n) is 5.26. The minimum Gasteiger partial charge on any atom is -0.487 e. The Labute approximate surface area is 213 Å². The number of para-hydroxylation sites is 1. The summed E-state index contributed by atoms with van der Waals surface area (Å²) in [7, 11) is 0. The van der Waals surface area contributed by atoms with Crippen LogP contribution in [-0.4, -0.2) is 38.2 Å². The second kappa shape index (κ2) is 9.84. The molecule has 37 heavy (non-hydrogen) atoms. The molecular weight excluding hydrogens is 479 g/mol. The molecule has 1 aliphatic rings. The molecule has 0 amide bonds. The molecule has 0 unspecified atom stereocenters. The van der Waals surface area contributed by atoms with Crippen LogP contribution in [0.2, 0.25) is 0 Å². The summed E-state index contributed by atoms with van der Waals surface area (Å²) in [6, 6.07) is 14.2. The molecule has 0 aliphatic carbocycles. The van der Waals surface area contributed by atoms with Gasteiger partial charge >= 0.3 is 0 Å². The van der Waals surface area contributed by atoms with Gasteiger partial charge in [-0.15, -0.1) is 0 Å². The van der Waals surface area contributed by atoms with Crippen molar-refractivity contribution < 1.29 is 23.0 Å². The van der Waals surface area contributed by atoms with Crippen LogP contribution in [0.3, 0.4) is 0 Å². The van der Waals surface area contributed by atoms with Gasteiger partial charge < -0.3 is 14.8 Å². The van der Waals surface area contributed by atoms with Crippen LogP contribution >= 0.6 is 0 Å². The zero-order valence-electron chi connectivity index (χ0n) is 21.1. The zero-order chi connectivity index (χ0) is 26.3. The molecule has 5 rings (SSSR count). The molecule has 4 aromatic rings. The monoisotopic (exact) mass is 509 g/mol. The van der Waals surface area contributed by atoms with Crippen molar-refractivity contribution in [1.29, 1.82) is 0 Å². The van der Waals surface area contributed by atoms with Crippen LogP contribution < -0.4 is 4.74 Å². The highest BCUT2D eigenvalue weighted by molar-refractivity contribution is 5.85. The van der Waals surface area contributed by atoms with Crippen LogP contribution in [0.1, 0.15) is 55.0 Å². The molecule has 2 N–H and O–H groups in total. The smallest absolute Gasteiger partial charge is 0.135 e. The Morgan fingerprint density at radius 3 is 2.49 bits per heavy atom. The highest BCUT2D eigenvalue weighted by Gasteiger charge is 2.41. The lowest BCUT2D eigenvalue weighted by Crippen LogP contribution is -2.48. The topological polar surface area (TPSA) is 61.4 Å². The number of rotatable bonds is 7. The molecule has 8 heteroatoms. The molecule has 0 fully saturated rings. The van der Waals surface area contributed by atoms with Gasteiger partial charge in [-0.05, 0) is 51.0 Å². The molecule has 0 radical (unpaired) electrons. The molecular formula is C29H30F3N3O2. The van der Waals surface area contributed by atoms with E-state index in [2.05, 4.69) is 9.97 Å². The van der Waals surface area contributed by atoms with Gasteiger partial charge in [0.1, 0.15) is 29.7 Å². The van der Waals surface area contributed by atoms with Crippen molar-refractivity contribution in [2.75, 3.05) is 6.54 Å². The zero-order valence-corrected chi connectivity index (χ0v) is 21.1. The minimum atomic E-state index is -1.57. The standard InChI is InChI=1S/C29H30F3N3O2/c1-17-11-22-21-9-4-5-10-25(21)34-27(22)28(35(17)16-29(2,3)32)26-23(30)12-20(13-24(26)31)37-15-19-8-6-7-18(14-36)33-19/h4-10,12-13,17,28,34,36H,11,14-16H2,1-3H3/t17-,28-/m1/s1. The molecule has 194 valence electrons. The minimum absolute atomic E-state index is 0.0115. The summed E-state index contributed by atoms with van der Waals surface area (Å²) in [6.07, 6.45) is 0.635. The van der Waals surface area contributed by atoms with E-state index in [4.69, 9.17) is 4.74 Å². The fraction of sp³-hybridized carbons (Fsp3) is 0.345. The largest absolute Gasteiger partial charge is 0.487 e. The number of aliphatic hydroxyl groups excluding tert-OH is 1. The van der Waals surface area contributed by atoms with Crippen LogP contribution in [-0.2, 0) is 19.6 Å². The first-order valence-electron chi connectivity index (χ1n) is 12.4. The number of nitrogens with zero attached hydrogens (tertiary/aromatic N) is 2. The van der Waals surface area contributed by atoms with E-state index in [-0.39, 0.29) is 37.1 Å². The van der Waals surface area contributed by atoms with Gasteiger partial charge in [-0.2, -0.15) is 0 Å². The van der Waals surface area contributed by atoms with Gasteiger partial charge in [-0.25, -0.2) is 13.2 Å². The van der Waals surface area contributed by atoms with Crippen molar-refractivity contribution >= 4 is 10.9 Å². The van der Waals surface area contributed by atoms with Crippen molar-refractivity contribution in [3.8, 4) is 5.75 Å². The van der Waals surface area contributed by atoms with Gasteiger partial charge in [0.05, 0.1) is 24.0 Å². The van der Waals surface area contributed by atoms with Crippen molar-refractivity contribution in [3.05, 3.63) is 94.4 Å². The van der Waals surface area contributed by atoms with Crippen molar-refractivity contribution in [3.63, 3.8) is 0 Å². The highest BCUT2D eigenvalue weighted by atomic mass is 19.1. The molecule has 2 atom stereocenters. The number of aromatic amines is 1. The van der Waals surface area contributed by atoms with Crippen molar-refractivity contribution in [2.45, 2.75) is 58.2 Å². The third kappa shape index (κ3) is 5.08. The van der Waals surface area contributed by atoms with Gasteiger partial charge in [0.25, 0.3) is 0 Å². The maximum absolute atomic E-state index is 15.7. The Kier molecular flexibility index (Phi) is 6.72. The number of alkyl halides is 1. The maximum Gasteiger partial charge on any atom is 0.135 e. The molecule has 0 bridgehead atoms. The lowest BCUT2D eigenvalue weighted by molar-refractivity contribution is 0.0642. The Morgan fingerprint density at radius 1 is 1.08 bits per heavy atom. The quantitative estimate of drug-likeness (QED) is 0.321. The summed E-state index contributed by atoms with van der Waals surface area (Å²) in [6.45, 7) is 4.69. The van der Waals surface area contributed by atoms with E-state index in [0.717, 1.165) is 28.6 Å². The number of halogens is 3. The third-order valence-corrected chi connectivity index (χ3v) is 6.82. The summed E-state index contributed by atoms with van der Waals surface area (Å²) >= 11 is 0. The van der Waals surface area contributed by atoms with Crippen LogP contribution in [0.15, 0.2) is 54.6 Å². The van der Waals surface area contributed by atoms with Gasteiger partial charge in [-0.3, -0.25) is 9.88 Å². The number of pyridine rings is 1. The Bertz CT molecular complexity index is 1410. The molecule has 0 saturated heterocycles. The molecule has 0 saturated carbocycles. The third-order valence-electron chi connectivity index (χ3n) is 6.82. The lowest BCUT2D eigenvalue weighted by atomic mass is 9.87. The predicted molar refractivity (Wildman–Crippen MR) is 136 cm³/mol. The second-order valence-electron chi connectivity index (χ2n) is 10.3. The molecule has 1 aliphatic heterocycles. The van der Waals surface area contributed by atoms with E-state index in [9.17, 15) is 9.50 Å². The number of ether oxygens (including phenoxy) is 1. The number of hydrogen-bond acceptors (Lipinski definition) is 4. The van der Waals surface area contributed by atoms with Crippen LogP contribution in [0, 0.1) is 11.6 Å².